The molecule has 0 saturated carbocycles. The molecule has 0 bridgehead atoms. The molecular weight excluding hydrogens is 180 g/mol. The Morgan fingerprint density at radius 1 is 1.67 bits per heavy atom. The van der Waals surface area contributed by atoms with Crippen molar-refractivity contribution in [1.82, 2.24) is 5.32 Å². The summed E-state index contributed by atoms with van der Waals surface area (Å²) in [5, 5.41) is 2.45. The molecule has 12 heavy (non-hydrogen) atoms. The van der Waals surface area contributed by atoms with Crippen LogP contribution in [0, 0.1) is 0 Å². The summed E-state index contributed by atoms with van der Waals surface area (Å²) in [5.41, 5.74) is 5.28. The van der Waals surface area contributed by atoms with Crippen molar-refractivity contribution in [3.05, 3.63) is 23.7 Å². The second-order valence-corrected chi connectivity index (χ2v) is 2.05. The number of carbonyl (C=O) groups excluding carboxylic acids is 1. The number of furan rings is 1. The van der Waals surface area contributed by atoms with Crippen LogP contribution in [0.1, 0.15) is 16.3 Å². The van der Waals surface area contributed by atoms with Gasteiger partial charge in [-0.05, 0) is 12.1 Å². The van der Waals surface area contributed by atoms with Gasteiger partial charge in [0.05, 0.1) is 6.54 Å². The van der Waals surface area contributed by atoms with Crippen LogP contribution in [0.4, 0.5) is 0 Å². The molecular formula is C7H11ClN2O2. The molecule has 0 atom stereocenters. The van der Waals surface area contributed by atoms with Crippen LogP contribution in [0.15, 0.2) is 16.5 Å². The van der Waals surface area contributed by atoms with E-state index in [1.165, 1.54) is 0 Å². The number of hydrogen-bond donors (Lipinski definition) is 2. The normalized spacial score (nSPS) is 8.83. The molecule has 5 heteroatoms. The minimum Gasteiger partial charge on any atom is -0.455 e. The van der Waals surface area contributed by atoms with Gasteiger partial charge in [0, 0.05) is 7.05 Å². The SMILES string of the molecule is CNC(=O)c1ccc(CN)o1.Cl. The summed E-state index contributed by atoms with van der Waals surface area (Å²) in [6.45, 7) is 0.316. The van der Waals surface area contributed by atoms with Gasteiger partial charge >= 0.3 is 0 Å². The van der Waals surface area contributed by atoms with Crippen LogP contribution in [0.2, 0.25) is 0 Å². The van der Waals surface area contributed by atoms with E-state index in [2.05, 4.69) is 5.32 Å². The second-order valence-electron chi connectivity index (χ2n) is 2.05. The topological polar surface area (TPSA) is 68.3 Å². The molecule has 0 radical (unpaired) electrons. The Kier molecular flexibility index (Phi) is 4.39. The summed E-state index contributed by atoms with van der Waals surface area (Å²) < 4.78 is 5.05. The zero-order chi connectivity index (χ0) is 8.27. The van der Waals surface area contributed by atoms with Crippen molar-refractivity contribution in [1.29, 1.82) is 0 Å². The van der Waals surface area contributed by atoms with Crippen LogP contribution >= 0.6 is 12.4 Å². The second kappa shape index (κ2) is 4.79. The van der Waals surface area contributed by atoms with Crippen molar-refractivity contribution >= 4 is 18.3 Å². The van der Waals surface area contributed by atoms with E-state index in [4.69, 9.17) is 10.2 Å². The molecule has 0 spiro atoms. The Morgan fingerprint density at radius 3 is 2.75 bits per heavy atom. The predicted octanol–water partition coefficient (Wildman–Crippen LogP) is 0.520. The maximum atomic E-state index is 10.9. The van der Waals surface area contributed by atoms with Crippen LogP contribution in [0.3, 0.4) is 0 Å². The molecule has 4 nitrogen and oxygen atoms in total. The molecule has 0 aliphatic rings. The average Bonchev–Trinajstić information content (AvgIpc) is 2.50. The van der Waals surface area contributed by atoms with Gasteiger partial charge in [-0.2, -0.15) is 0 Å². The van der Waals surface area contributed by atoms with Crippen molar-refractivity contribution in [3.63, 3.8) is 0 Å². The summed E-state index contributed by atoms with van der Waals surface area (Å²) in [7, 11) is 1.55. The third kappa shape index (κ3) is 2.25. The molecule has 0 fully saturated rings. The highest BCUT2D eigenvalue weighted by Crippen LogP contribution is 2.05. The number of hydrogen-bond acceptors (Lipinski definition) is 3. The van der Waals surface area contributed by atoms with Gasteiger partial charge < -0.3 is 15.5 Å². The van der Waals surface area contributed by atoms with Crippen LogP contribution in [-0.2, 0) is 6.54 Å². The molecule has 3 N–H and O–H groups in total. The van der Waals surface area contributed by atoms with Gasteiger partial charge in [-0.25, -0.2) is 0 Å². The van der Waals surface area contributed by atoms with Gasteiger partial charge in [-0.1, -0.05) is 0 Å². The minimum absolute atomic E-state index is 0. The van der Waals surface area contributed by atoms with Crippen molar-refractivity contribution in [2.24, 2.45) is 5.73 Å². The molecule has 1 rings (SSSR count). The molecule has 0 saturated heterocycles. The van der Waals surface area contributed by atoms with E-state index < -0.39 is 0 Å². The van der Waals surface area contributed by atoms with E-state index in [0.717, 1.165) is 0 Å². The van der Waals surface area contributed by atoms with E-state index in [-0.39, 0.29) is 18.3 Å². The van der Waals surface area contributed by atoms with Crippen LogP contribution in [-0.4, -0.2) is 13.0 Å². The Balaban J connectivity index is 0.00000121. The van der Waals surface area contributed by atoms with Gasteiger partial charge in [-0.3, -0.25) is 4.79 Å². The highest BCUT2D eigenvalue weighted by Gasteiger charge is 2.06. The Bertz CT molecular complexity index is 260. The fourth-order valence-electron chi connectivity index (χ4n) is 0.733. The lowest BCUT2D eigenvalue weighted by atomic mass is 10.4. The molecule has 68 valence electrons. The number of nitrogens with one attached hydrogen (secondary N) is 1. The lowest BCUT2D eigenvalue weighted by Gasteiger charge is -1.92. The van der Waals surface area contributed by atoms with Crippen LogP contribution in [0.5, 0.6) is 0 Å². The quantitative estimate of drug-likeness (QED) is 0.715. The average molecular weight is 191 g/mol. The van der Waals surface area contributed by atoms with Crippen LogP contribution < -0.4 is 11.1 Å². The molecule has 1 aromatic heterocycles. The fourth-order valence-corrected chi connectivity index (χ4v) is 0.733. The fraction of sp³-hybridized carbons (Fsp3) is 0.286. The molecule has 0 unspecified atom stereocenters. The van der Waals surface area contributed by atoms with E-state index in [9.17, 15) is 4.79 Å². The summed E-state index contributed by atoms with van der Waals surface area (Å²) in [4.78, 5) is 10.9. The third-order valence-corrected chi connectivity index (χ3v) is 1.31. The molecule has 0 aliphatic heterocycles. The van der Waals surface area contributed by atoms with Crippen molar-refractivity contribution in [2.45, 2.75) is 6.54 Å². The first-order valence-electron chi connectivity index (χ1n) is 3.28. The Labute approximate surface area is 76.5 Å². The maximum Gasteiger partial charge on any atom is 0.286 e. The predicted molar refractivity (Wildman–Crippen MR) is 47.2 cm³/mol. The Hall–Kier alpha value is -1.00. The van der Waals surface area contributed by atoms with Gasteiger partial charge in [0.15, 0.2) is 5.76 Å². The minimum atomic E-state index is -0.232. The van der Waals surface area contributed by atoms with Gasteiger partial charge in [0.25, 0.3) is 5.91 Å². The van der Waals surface area contributed by atoms with Crippen molar-refractivity contribution in [3.8, 4) is 0 Å². The molecule has 1 amide bonds. The number of halogens is 1. The number of nitrogens with two attached hydrogens (primary N) is 1. The van der Waals surface area contributed by atoms with E-state index >= 15 is 0 Å². The lowest BCUT2D eigenvalue weighted by molar-refractivity contribution is 0.0934. The first-order valence-corrected chi connectivity index (χ1v) is 3.28. The van der Waals surface area contributed by atoms with E-state index in [1.54, 1.807) is 19.2 Å². The smallest absolute Gasteiger partial charge is 0.286 e. The molecule has 0 aliphatic carbocycles. The van der Waals surface area contributed by atoms with Gasteiger partial charge in [0.1, 0.15) is 5.76 Å². The van der Waals surface area contributed by atoms with E-state index in [1.807, 2.05) is 0 Å². The third-order valence-electron chi connectivity index (χ3n) is 1.31. The molecule has 1 aromatic rings. The lowest BCUT2D eigenvalue weighted by Crippen LogP contribution is -2.16. The summed E-state index contributed by atoms with van der Waals surface area (Å²) in [6.07, 6.45) is 0. The van der Waals surface area contributed by atoms with Gasteiger partial charge in [-0.15, -0.1) is 12.4 Å². The van der Waals surface area contributed by atoms with Crippen LogP contribution in [0.25, 0.3) is 0 Å². The summed E-state index contributed by atoms with van der Waals surface area (Å²) >= 11 is 0. The van der Waals surface area contributed by atoms with E-state index in [0.29, 0.717) is 18.1 Å². The largest absolute Gasteiger partial charge is 0.455 e. The first-order chi connectivity index (χ1) is 5.27. The first kappa shape index (κ1) is 11.0. The zero-order valence-electron chi connectivity index (χ0n) is 6.66. The van der Waals surface area contributed by atoms with Crippen molar-refractivity contribution in [2.75, 3.05) is 7.05 Å². The monoisotopic (exact) mass is 190 g/mol. The van der Waals surface area contributed by atoms with Crippen molar-refractivity contribution < 1.29 is 9.21 Å². The zero-order valence-corrected chi connectivity index (χ0v) is 7.48. The summed E-state index contributed by atoms with van der Waals surface area (Å²) in [6, 6.07) is 3.28. The maximum absolute atomic E-state index is 10.9. The number of amides is 1. The number of rotatable bonds is 2. The highest BCUT2D eigenvalue weighted by atomic mass is 35.5. The Morgan fingerprint density at radius 2 is 2.33 bits per heavy atom. The number of carbonyl (C=O) groups is 1. The highest BCUT2D eigenvalue weighted by molar-refractivity contribution is 5.91. The molecule has 0 aromatic carbocycles. The summed E-state index contributed by atoms with van der Waals surface area (Å²) in [5.74, 6) is 0.682. The standard InChI is InChI=1S/C7H10N2O2.ClH/c1-9-7(10)6-3-2-5(4-8)11-6;/h2-3H,4,8H2,1H3,(H,9,10);1H. The molecule has 1 heterocycles. The van der Waals surface area contributed by atoms with Gasteiger partial charge in [0.2, 0.25) is 0 Å².